The fraction of sp³-hybridized carbons (Fsp3) is 0.375. The normalized spacial score (nSPS) is 12.2. The second-order valence-corrected chi connectivity index (χ2v) is 5.01. The number of ether oxygens (including phenoxy) is 2. The molecule has 22 heavy (non-hydrogen) atoms. The van der Waals surface area contributed by atoms with Gasteiger partial charge in [-0.15, -0.1) is 0 Å². The van der Waals surface area contributed by atoms with Crippen molar-refractivity contribution < 1.29 is 24.2 Å². The van der Waals surface area contributed by atoms with E-state index in [4.69, 9.17) is 14.6 Å². The molecule has 1 aromatic rings. The summed E-state index contributed by atoms with van der Waals surface area (Å²) in [6, 6.07) is 4.27. The topological polar surface area (TPSA) is 84.9 Å². The minimum Gasteiger partial charge on any atom is -0.497 e. The van der Waals surface area contributed by atoms with Gasteiger partial charge < -0.3 is 19.9 Å². The number of methoxy groups -OCH3 is 2. The van der Waals surface area contributed by atoms with Crippen molar-refractivity contribution in [3.63, 3.8) is 0 Å². The van der Waals surface area contributed by atoms with Crippen LogP contribution in [0, 0.1) is 5.92 Å². The molecule has 1 atom stereocenters. The highest BCUT2D eigenvalue weighted by molar-refractivity contribution is 5.94. The van der Waals surface area contributed by atoms with Crippen LogP contribution in [0.25, 0.3) is 6.08 Å². The van der Waals surface area contributed by atoms with Crippen molar-refractivity contribution in [1.82, 2.24) is 5.32 Å². The van der Waals surface area contributed by atoms with Crippen LogP contribution in [0.15, 0.2) is 24.3 Å². The molecule has 6 heteroatoms. The molecule has 0 heterocycles. The summed E-state index contributed by atoms with van der Waals surface area (Å²) in [5.74, 6) is -0.533. The van der Waals surface area contributed by atoms with E-state index in [1.807, 2.05) is 0 Å². The predicted molar refractivity (Wildman–Crippen MR) is 83.0 cm³/mol. The Morgan fingerprint density at radius 3 is 2.41 bits per heavy atom. The van der Waals surface area contributed by atoms with Gasteiger partial charge in [-0.25, -0.2) is 4.79 Å². The Bertz CT molecular complexity index is 566. The summed E-state index contributed by atoms with van der Waals surface area (Å²) in [5.41, 5.74) is 0.690. The Labute approximate surface area is 129 Å². The van der Waals surface area contributed by atoms with Crippen molar-refractivity contribution in [1.29, 1.82) is 0 Å². The average Bonchev–Trinajstić information content (AvgIpc) is 2.49. The largest absolute Gasteiger partial charge is 0.497 e. The first kappa shape index (κ1) is 17.6. The Kier molecular flexibility index (Phi) is 6.44. The Balaban J connectivity index is 2.83. The molecule has 0 fully saturated rings. The maximum absolute atomic E-state index is 11.8. The molecule has 1 rings (SSSR count). The second-order valence-electron chi connectivity index (χ2n) is 5.01. The lowest BCUT2D eigenvalue weighted by Crippen LogP contribution is -2.43. The van der Waals surface area contributed by atoms with Gasteiger partial charge in [0.15, 0.2) is 0 Å². The van der Waals surface area contributed by atoms with Crippen LogP contribution in [0.4, 0.5) is 0 Å². The zero-order valence-corrected chi connectivity index (χ0v) is 13.1. The molecule has 120 valence electrons. The van der Waals surface area contributed by atoms with Gasteiger partial charge in [0.2, 0.25) is 5.91 Å². The first-order valence-electron chi connectivity index (χ1n) is 6.82. The van der Waals surface area contributed by atoms with Crippen LogP contribution in [0.1, 0.15) is 19.4 Å². The molecule has 1 amide bonds. The molecule has 0 saturated carbocycles. The molecule has 0 aliphatic heterocycles. The van der Waals surface area contributed by atoms with E-state index in [0.717, 1.165) is 0 Å². The number of carboxylic acids is 1. The van der Waals surface area contributed by atoms with E-state index >= 15 is 0 Å². The molecular formula is C16H21NO5. The molecule has 0 aromatic heterocycles. The highest BCUT2D eigenvalue weighted by Gasteiger charge is 2.22. The number of rotatable bonds is 7. The highest BCUT2D eigenvalue weighted by Crippen LogP contribution is 2.25. The summed E-state index contributed by atoms with van der Waals surface area (Å²) < 4.78 is 10.3. The number of aliphatic carboxylic acids is 1. The molecule has 0 spiro atoms. The quantitative estimate of drug-likeness (QED) is 0.752. The lowest BCUT2D eigenvalue weighted by molar-refractivity contribution is -0.142. The van der Waals surface area contributed by atoms with Gasteiger partial charge in [0.1, 0.15) is 17.5 Å². The van der Waals surface area contributed by atoms with Crippen LogP contribution in [0.2, 0.25) is 0 Å². The fourth-order valence-electron chi connectivity index (χ4n) is 1.84. The third-order valence-corrected chi connectivity index (χ3v) is 3.09. The Morgan fingerprint density at radius 1 is 1.23 bits per heavy atom. The van der Waals surface area contributed by atoms with E-state index in [9.17, 15) is 9.59 Å². The number of carboxylic acid groups (broad SMARTS) is 1. The molecule has 0 aliphatic carbocycles. The highest BCUT2D eigenvalue weighted by atomic mass is 16.5. The summed E-state index contributed by atoms with van der Waals surface area (Å²) >= 11 is 0. The number of nitrogens with one attached hydrogen (secondary N) is 1. The first-order chi connectivity index (χ1) is 10.4. The van der Waals surface area contributed by atoms with Crippen LogP contribution >= 0.6 is 0 Å². The SMILES string of the molecule is COc1ccc(/C=C/C(=O)N[C@H](C(=O)O)C(C)C)c(OC)c1. The second kappa shape index (κ2) is 8.07. The van der Waals surface area contributed by atoms with Gasteiger partial charge in [-0.1, -0.05) is 13.8 Å². The first-order valence-corrected chi connectivity index (χ1v) is 6.82. The van der Waals surface area contributed by atoms with E-state index in [0.29, 0.717) is 17.1 Å². The predicted octanol–water partition coefficient (Wildman–Crippen LogP) is 1.94. The van der Waals surface area contributed by atoms with Crippen molar-refractivity contribution in [2.24, 2.45) is 5.92 Å². The summed E-state index contributed by atoms with van der Waals surface area (Å²) in [6.07, 6.45) is 2.84. The van der Waals surface area contributed by atoms with Gasteiger partial charge in [-0.2, -0.15) is 0 Å². The van der Waals surface area contributed by atoms with Gasteiger partial charge in [0.05, 0.1) is 14.2 Å². The lowest BCUT2D eigenvalue weighted by Gasteiger charge is -2.16. The number of amides is 1. The van der Waals surface area contributed by atoms with Crippen LogP contribution < -0.4 is 14.8 Å². The summed E-state index contributed by atoms with van der Waals surface area (Å²) in [5, 5.41) is 11.5. The monoisotopic (exact) mass is 307 g/mol. The third kappa shape index (κ3) is 4.80. The molecule has 0 saturated heterocycles. The summed E-state index contributed by atoms with van der Waals surface area (Å²) in [6.45, 7) is 3.46. The van der Waals surface area contributed by atoms with Crippen molar-refractivity contribution in [3.8, 4) is 11.5 Å². The van der Waals surface area contributed by atoms with Crippen LogP contribution in [0.5, 0.6) is 11.5 Å². The van der Waals surface area contributed by atoms with Crippen LogP contribution in [-0.4, -0.2) is 37.2 Å². The van der Waals surface area contributed by atoms with Crippen molar-refractivity contribution in [2.45, 2.75) is 19.9 Å². The van der Waals surface area contributed by atoms with Crippen LogP contribution in [-0.2, 0) is 9.59 Å². The molecular weight excluding hydrogens is 286 g/mol. The van der Waals surface area contributed by atoms with E-state index < -0.39 is 17.9 Å². The van der Waals surface area contributed by atoms with Gasteiger partial charge in [-0.05, 0) is 24.1 Å². The molecule has 0 radical (unpaired) electrons. The Morgan fingerprint density at radius 2 is 1.91 bits per heavy atom. The molecule has 0 unspecified atom stereocenters. The maximum Gasteiger partial charge on any atom is 0.326 e. The smallest absolute Gasteiger partial charge is 0.326 e. The van der Waals surface area contributed by atoms with Crippen molar-refractivity contribution in [3.05, 3.63) is 29.8 Å². The Hall–Kier alpha value is -2.50. The van der Waals surface area contributed by atoms with E-state index in [1.54, 1.807) is 45.2 Å². The molecule has 2 N–H and O–H groups in total. The zero-order valence-electron chi connectivity index (χ0n) is 13.1. The van der Waals surface area contributed by atoms with E-state index in [-0.39, 0.29) is 5.92 Å². The zero-order chi connectivity index (χ0) is 16.7. The van der Waals surface area contributed by atoms with E-state index in [2.05, 4.69) is 5.32 Å². The minimum atomic E-state index is -1.06. The van der Waals surface area contributed by atoms with E-state index in [1.165, 1.54) is 13.2 Å². The molecule has 0 aliphatic rings. The summed E-state index contributed by atoms with van der Waals surface area (Å²) in [4.78, 5) is 22.9. The molecule has 1 aromatic carbocycles. The number of carbonyl (C=O) groups excluding carboxylic acids is 1. The van der Waals surface area contributed by atoms with Gasteiger partial charge in [0, 0.05) is 17.7 Å². The average molecular weight is 307 g/mol. The molecule has 6 nitrogen and oxygen atoms in total. The van der Waals surface area contributed by atoms with Crippen LogP contribution in [0.3, 0.4) is 0 Å². The van der Waals surface area contributed by atoms with Crippen molar-refractivity contribution in [2.75, 3.05) is 14.2 Å². The van der Waals surface area contributed by atoms with Gasteiger partial charge in [-0.3, -0.25) is 4.79 Å². The summed E-state index contributed by atoms with van der Waals surface area (Å²) in [7, 11) is 3.07. The number of benzene rings is 1. The van der Waals surface area contributed by atoms with Gasteiger partial charge >= 0.3 is 5.97 Å². The number of hydrogen-bond donors (Lipinski definition) is 2. The lowest BCUT2D eigenvalue weighted by atomic mass is 10.0. The standard InChI is InChI=1S/C16H21NO5/c1-10(2)15(16(19)20)17-14(18)8-6-11-5-7-12(21-3)9-13(11)22-4/h5-10,15H,1-4H3,(H,17,18)(H,19,20)/b8-6+/t15-/m0/s1. The van der Waals surface area contributed by atoms with Gasteiger partial charge in [0.25, 0.3) is 0 Å². The molecule has 0 bridgehead atoms. The minimum absolute atomic E-state index is 0.203. The van der Waals surface area contributed by atoms with Crippen molar-refractivity contribution >= 4 is 18.0 Å². The number of carbonyl (C=O) groups is 2. The number of hydrogen-bond acceptors (Lipinski definition) is 4. The maximum atomic E-state index is 11.8. The fourth-order valence-corrected chi connectivity index (χ4v) is 1.84. The third-order valence-electron chi connectivity index (χ3n) is 3.09.